The second kappa shape index (κ2) is 7.50. The average Bonchev–Trinajstić information content (AvgIpc) is 2.54. The Morgan fingerprint density at radius 2 is 1.74 bits per heavy atom. The van der Waals surface area contributed by atoms with E-state index in [9.17, 15) is 9.59 Å². The van der Waals surface area contributed by atoms with E-state index < -0.39 is 11.8 Å². The Kier molecular flexibility index (Phi) is 5.65. The number of hydrogen-bond donors (Lipinski definition) is 2. The van der Waals surface area contributed by atoms with E-state index in [-0.39, 0.29) is 27.2 Å². The third-order valence-corrected chi connectivity index (χ3v) is 3.48. The summed E-state index contributed by atoms with van der Waals surface area (Å²) in [5.41, 5.74) is 4.52. The van der Waals surface area contributed by atoms with Crippen LogP contribution in [0.4, 0.5) is 0 Å². The number of pyridine rings is 1. The maximum atomic E-state index is 12.1. The molecule has 1 aromatic heterocycles. The molecule has 0 radical (unpaired) electrons. The van der Waals surface area contributed by atoms with E-state index in [0.29, 0.717) is 5.02 Å². The smallest absolute Gasteiger partial charge is 0.289 e. The van der Waals surface area contributed by atoms with Gasteiger partial charge in [0.05, 0.1) is 17.7 Å². The lowest BCUT2D eigenvalue weighted by Crippen LogP contribution is -2.42. The molecule has 2 rings (SSSR count). The largest absolute Gasteiger partial charge is 0.496 e. The molecule has 0 fully saturated rings. The fraction of sp³-hybridized carbons (Fsp3) is 0.0714. The lowest BCUT2D eigenvalue weighted by Gasteiger charge is -2.11. The second-order valence-corrected chi connectivity index (χ2v) is 5.45. The number of nitrogens with zero attached hydrogens (tertiary/aromatic N) is 1. The van der Waals surface area contributed by atoms with E-state index >= 15 is 0 Å². The van der Waals surface area contributed by atoms with Gasteiger partial charge in [-0.15, -0.1) is 0 Å². The molecule has 0 atom stereocenters. The lowest BCUT2D eigenvalue weighted by molar-refractivity contribution is 0.0842. The minimum Gasteiger partial charge on any atom is -0.496 e. The Labute approximate surface area is 146 Å². The molecule has 120 valence electrons. The van der Waals surface area contributed by atoms with Crippen LogP contribution >= 0.6 is 34.8 Å². The Morgan fingerprint density at radius 3 is 2.43 bits per heavy atom. The van der Waals surface area contributed by atoms with Gasteiger partial charge in [0.2, 0.25) is 0 Å². The summed E-state index contributed by atoms with van der Waals surface area (Å²) in [6.45, 7) is 0. The minimum absolute atomic E-state index is 0.102. The summed E-state index contributed by atoms with van der Waals surface area (Å²) in [5, 5.41) is 0.618. The van der Waals surface area contributed by atoms with Crippen LogP contribution in [0.15, 0.2) is 30.3 Å². The predicted octanol–water partition coefficient (Wildman–Crippen LogP) is 3.13. The predicted molar refractivity (Wildman–Crippen MR) is 87.2 cm³/mol. The van der Waals surface area contributed by atoms with Gasteiger partial charge < -0.3 is 4.74 Å². The molecule has 9 heteroatoms. The lowest BCUT2D eigenvalue weighted by atomic mass is 10.2. The van der Waals surface area contributed by atoms with Gasteiger partial charge in [0.1, 0.15) is 16.6 Å². The Morgan fingerprint density at radius 1 is 1.04 bits per heavy atom. The number of hydrazine groups is 1. The summed E-state index contributed by atoms with van der Waals surface area (Å²) in [6, 6.07) is 7.34. The molecule has 0 saturated carbocycles. The Balaban J connectivity index is 2.10. The van der Waals surface area contributed by atoms with E-state index in [1.165, 1.54) is 37.4 Å². The molecule has 23 heavy (non-hydrogen) atoms. The van der Waals surface area contributed by atoms with Crippen molar-refractivity contribution in [1.82, 2.24) is 15.8 Å². The molecule has 1 heterocycles. The van der Waals surface area contributed by atoms with Crippen LogP contribution in [0.3, 0.4) is 0 Å². The number of carbonyl (C=O) groups excluding carboxylic acids is 2. The summed E-state index contributed by atoms with van der Waals surface area (Å²) in [7, 11) is 1.40. The van der Waals surface area contributed by atoms with Crippen LogP contribution in [0.5, 0.6) is 5.75 Å². The Bertz CT molecular complexity index is 768. The number of hydrogen-bond acceptors (Lipinski definition) is 4. The molecule has 2 N–H and O–H groups in total. The van der Waals surface area contributed by atoms with E-state index in [0.717, 1.165) is 0 Å². The molecule has 2 aromatic rings. The number of nitrogens with one attached hydrogen (secondary N) is 2. The molecule has 0 unspecified atom stereocenters. The quantitative estimate of drug-likeness (QED) is 0.639. The van der Waals surface area contributed by atoms with Gasteiger partial charge in [0.15, 0.2) is 0 Å². The first-order valence-corrected chi connectivity index (χ1v) is 7.32. The van der Waals surface area contributed by atoms with Gasteiger partial charge in [0.25, 0.3) is 11.8 Å². The topological polar surface area (TPSA) is 80.3 Å². The van der Waals surface area contributed by atoms with Crippen LogP contribution in [0.25, 0.3) is 0 Å². The van der Waals surface area contributed by atoms with Crippen LogP contribution < -0.4 is 15.6 Å². The van der Waals surface area contributed by atoms with Gasteiger partial charge in [-0.2, -0.15) is 0 Å². The van der Waals surface area contributed by atoms with Gasteiger partial charge in [-0.3, -0.25) is 20.4 Å². The molecule has 6 nitrogen and oxygen atoms in total. The Hall–Kier alpha value is -2.02. The number of rotatable bonds is 3. The second-order valence-electron chi connectivity index (χ2n) is 4.22. The summed E-state index contributed by atoms with van der Waals surface area (Å²) in [6.07, 6.45) is 0. The van der Waals surface area contributed by atoms with Crippen molar-refractivity contribution in [1.29, 1.82) is 0 Å². The molecule has 0 saturated heterocycles. The van der Waals surface area contributed by atoms with Crippen molar-refractivity contribution in [2.75, 3.05) is 7.11 Å². The third kappa shape index (κ3) is 4.25. The monoisotopic (exact) mass is 373 g/mol. The standard InChI is InChI=1S/C14H10Cl3N3O3/c1-23-10-6-7(15)2-3-8(10)13(21)19-20-14(22)12-9(16)4-5-11(17)18-12/h2-6H,1H3,(H,19,21)(H,20,22). The SMILES string of the molecule is COc1cc(Cl)ccc1C(=O)NNC(=O)c1nc(Cl)ccc1Cl. The van der Waals surface area contributed by atoms with Gasteiger partial charge in [0, 0.05) is 5.02 Å². The van der Waals surface area contributed by atoms with E-state index in [4.69, 9.17) is 39.5 Å². The van der Waals surface area contributed by atoms with E-state index in [1.807, 2.05) is 0 Å². The zero-order chi connectivity index (χ0) is 17.0. The van der Waals surface area contributed by atoms with Gasteiger partial charge in [-0.1, -0.05) is 34.8 Å². The molecule has 0 aliphatic carbocycles. The number of aromatic nitrogens is 1. The fourth-order valence-electron chi connectivity index (χ4n) is 1.67. The highest BCUT2D eigenvalue weighted by Gasteiger charge is 2.16. The normalized spacial score (nSPS) is 10.1. The molecule has 0 spiro atoms. The first-order valence-electron chi connectivity index (χ1n) is 6.18. The maximum Gasteiger partial charge on any atom is 0.289 e. The summed E-state index contributed by atoms with van der Waals surface area (Å²) >= 11 is 17.4. The number of amides is 2. The van der Waals surface area contributed by atoms with Crippen molar-refractivity contribution in [3.63, 3.8) is 0 Å². The van der Waals surface area contributed by atoms with E-state index in [1.54, 1.807) is 0 Å². The summed E-state index contributed by atoms with van der Waals surface area (Å²) in [4.78, 5) is 27.9. The van der Waals surface area contributed by atoms with Crippen LogP contribution in [0, 0.1) is 0 Å². The molecule has 0 aliphatic heterocycles. The number of methoxy groups -OCH3 is 1. The molecule has 1 aromatic carbocycles. The van der Waals surface area contributed by atoms with Gasteiger partial charge in [-0.05, 0) is 30.3 Å². The first-order chi connectivity index (χ1) is 10.9. The highest BCUT2D eigenvalue weighted by Crippen LogP contribution is 2.23. The van der Waals surface area contributed by atoms with Crippen molar-refractivity contribution in [2.45, 2.75) is 0 Å². The number of ether oxygens (including phenoxy) is 1. The van der Waals surface area contributed by atoms with Crippen LogP contribution in [0.2, 0.25) is 15.2 Å². The summed E-state index contributed by atoms with van der Waals surface area (Å²) in [5.74, 6) is -1.04. The zero-order valence-corrected chi connectivity index (χ0v) is 14.0. The number of halogens is 3. The number of carbonyl (C=O) groups is 2. The van der Waals surface area contributed by atoms with Crippen LogP contribution in [-0.2, 0) is 0 Å². The first kappa shape index (κ1) is 17.3. The fourth-order valence-corrected chi connectivity index (χ4v) is 2.17. The minimum atomic E-state index is -0.709. The summed E-state index contributed by atoms with van der Waals surface area (Å²) < 4.78 is 5.06. The molecule has 0 aliphatic rings. The van der Waals surface area contributed by atoms with Crippen molar-refractivity contribution < 1.29 is 14.3 Å². The molecular weight excluding hydrogens is 365 g/mol. The van der Waals surface area contributed by atoms with Gasteiger partial charge >= 0.3 is 0 Å². The number of benzene rings is 1. The average molecular weight is 375 g/mol. The molecule has 0 bridgehead atoms. The van der Waals surface area contributed by atoms with Crippen molar-refractivity contribution in [3.05, 3.63) is 56.8 Å². The molecule has 2 amide bonds. The van der Waals surface area contributed by atoms with Crippen LogP contribution in [0.1, 0.15) is 20.8 Å². The van der Waals surface area contributed by atoms with Gasteiger partial charge in [-0.25, -0.2) is 4.98 Å². The maximum absolute atomic E-state index is 12.1. The van der Waals surface area contributed by atoms with Crippen LogP contribution in [-0.4, -0.2) is 23.9 Å². The van der Waals surface area contributed by atoms with Crippen molar-refractivity contribution >= 4 is 46.6 Å². The highest BCUT2D eigenvalue weighted by atomic mass is 35.5. The van der Waals surface area contributed by atoms with Crippen molar-refractivity contribution in [3.8, 4) is 5.75 Å². The molecular formula is C14H10Cl3N3O3. The van der Waals surface area contributed by atoms with Crippen molar-refractivity contribution in [2.24, 2.45) is 0 Å². The third-order valence-electron chi connectivity index (χ3n) is 2.72. The van der Waals surface area contributed by atoms with E-state index in [2.05, 4.69) is 15.8 Å². The zero-order valence-electron chi connectivity index (χ0n) is 11.7. The highest BCUT2D eigenvalue weighted by molar-refractivity contribution is 6.34.